The Hall–Kier alpha value is -4.34. The molecule has 6 rings (SSSR count). The van der Waals surface area contributed by atoms with E-state index in [0.717, 1.165) is 0 Å². The normalized spacial score (nSPS) is 19.9. The van der Waals surface area contributed by atoms with Gasteiger partial charge in [-0.05, 0) is 50.5 Å². The summed E-state index contributed by atoms with van der Waals surface area (Å²) in [7, 11) is 9.68. The van der Waals surface area contributed by atoms with Crippen molar-refractivity contribution >= 4 is 21.8 Å². The molecular formula is C34H40N2O8. The lowest BCUT2D eigenvalue weighted by molar-refractivity contribution is -0.0694. The third-order valence-corrected chi connectivity index (χ3v) is 9.31. The first-order valence-corrected chi connectivity index (χ1v) is 14.8. The fraction of sp³-hybridized carbons (Fsp3) is 0.471. The predicted octanol–water partition coefficient (Wildman–Crippen LogP) is 5.48. The van der Waals surface area contributed by atoms with Crippen molar-refractivity contribution in [1.29, 1.82) is 0 Å². The highest BCUT2D eigenvalue weighted by Crippen LogP contribution is 2.59. The number of rotatable bonds is 6. The number of hydrogen-bond acceptors (Lipinski definition) is 8. The van der Waals surface area contributed by atoms with E-state index in [1.165, 1.54) is 0 Å². The molecule has 0 saturated heterocycles. The first-order valence-electron chi connectivity index (χ1n) is 14.8. The maximum Gasteiger partial charge on any atom is 0.261 e. The van der Waals surface area contributed by atoms with Crippen LogP contribution in [0.15, 0.2) is 33.9 Å². The van der Waals surface area contributed by atoms with E-state index in [-0.39, 0.29) is 28.9 Å². The molecule has 234 valence electrons. The minimum absolute atomic E-state index is 0.173. The Labute approximate surface area is 256 Å². The van der Waals surface area contributed by atoms with Gasteiger partial charge in [0.25, 0.3) is 11.1 Å². The first kappa shape index (κ1) is 29.7. The second kappa shape index (κ2) is 10.4. The van der Waals surface area contributed by atoms with E-state index >= 15 is 0 Å². The average molecular weight is 605 g/mol. The number of aromatic nitrogens is 2. The molecule has 0 saturated carbocycles. The third-order valence-electron chi connectivity index (χ3n) is 9.31. The molecular weight excluding hydrogens is 564 g/mol. The van der Waals surface area contributed by atoms with Gasteiger partial charge in [-0.25, -0.2) is 0 Å². The van der Waals surface area contributed by atoms with Crippen LogP contribution >= 0.6 is 0 Å². The molecule has 0 spiro atoms. The van der Waals surface area contributed by atoms with Crippen molar-refractivity contribution in [1.82, 2.24) is 9.13 Å². The van der Waals surface area contributed by atoms with Crippen molar-refractivity contribution in [3.8, 4) is 34.5 Å². The summed E-state index contributed by atoms with van der Waals surface area (Å²) in [6, 6.07) is 7.40. The summed E-state index contributed by atoms with van der Waals surface area (Å²) in [6.45, 7) is 8.30. The van der Waals surface area contributed by atoms with E-state index < -0.39 is 11.7 Å². The molecule has 2 aliphatic heterocycles. The Kier molecular flexibility index (Phi) is 7.01. The van der Waals surface area contributed by atoms with Gasteiger partial charge in [0.2, 0.25) is 0 Å². The monoisotopic (exact) mass is 604 g/mol. The van der Waals surface area contributed by atoms with Crippen molar-refractivity contribution in [2.45, 2.75) is 51.7 Å². The average Bonchev–Trinajstić information content (AvgIpc) is 2.99. The molecule has 0 radical (unpaired) electrons. The van der Waals surface area contributed by atoms with Crippen LogP contribution in [0.4, 0.5) is 0 Å². The van der Waals surface area contributed by atoms with Gasteiger partial charge in [0.05, 0.1) is 34.0 Å². The second-order valence-electron chi connectivity index (χ2n) is 12.6. The lowest BCUT2D eigenvalue weighted by atomic mass is 9.66. The predicted molar refractivity (Wildman–Crippen MR) is 168 cm³/mol. The van der Waals surface area contributed by atoms with Crippen LogP contribution < -0.4 is 39.5 Å². The summed E-state index contributed by atoms with van der Waals surface area (Å²) in [6.07, 6.45) is 0.0108. The molecule has 0 bridgehead atoms. The van der Waals surface area contributed by atoms with Gasteiger partial charge >= 0.3 is 0 Å². The summed E-state index contributed by atoms with van der Waals surface area (Å²) in [4.78, 5) is 28.7. The van der Waals surface area contributed by atoms with Gasteiger partial charge in [0, 0.05) is 36.7 Å². The number of nitrogens with zero attached hydrogens (tertiary/aromatic N) is 2. The minimum Gasteiger partial charge on any atom is -0.493 e. The topological polar surface area (TPSA) is 99.4 Å². The highest BCUT2D eigenvalue weighted by atomic mass is 16.5. The van der Waals surface area contributed by atoms with Gasteiger partial charge in [0.1, 0.15) is 39.8 Å². The minimum atomic E-state index is -0.807. The molecule has 44 heavy (non-hydrogen) atoms. The fourth-order valence-corrected chi connectivity index (χ4v) is 7.50. The van der Waals surface area contributed by atoms with Gasteiger partial charge in [-0.15, -0.1) is 0 Å². The summed E-state index contributed by atoms with van der Waals surface area (Å²) in [5.74, 6) is 2.48. The van der Waals surface area contributed by atoms with Crippen molar-refractivity contribution in [2.24, 2.45) is 25.9 Å². The highest BCUT2D eigenvalue weighted by Gasteiger charge is 2.55. The van der Waals surface area contributed by atoms with Gasteiger partial charge in [-0.2, -0.15) is 0 Å². The maximum absolute atomic E-state index is 14.4. The molecule has 2 aromatic carbocycles. The Morgan fingerprint density at radius 2 is 1.27 bits per heavy atom. The molecule has 2 aliphatic rings. The number of benzene rings is 2. The van der Waals surface area contributed by atoms with Crippen LogP contribution in [-0.2, 0) is 14.1 Å². The van der Waals surface area contributed by atoms with Crippen LogP contribution in [0.3, 0.4) is 0 Å². The lowest BCUT2D eigenvalue weighted by Crippen LogP contribution is -2.53. The summed E-state index contributed by atoms with van der Waals surface area (Å²) in [5.41, 5.74) is 0.898. The largest absolute Gasteiger partial charge is 0.493 e. The molecule has 0 unspecified atom stereocenters. The van der Waals surface area contributed by atoms with Crippen molar-refractivity contribution in [2.75, 3.05) is 28.4 Å². The van der Waals surface area contributed by atoms with E-state index in [2.05, 4.69) is 13.8 Å². The Morgan fingerprint density at radius 3 is 1.75 bits per heavy atom. The Balaban J connectivity index is 1.73. The van der Waals surface area contributed by atoms with Crippen molar-refractivity contribution in [3.05, 3.63) is 56.1 Å². The van der Waals surface area contributed by atoms with Crippen LogP contribution in [0.2, 0.25) is 0 Å². The molecule has 10 heteroatoms. The number of ether oxygens (including phenoxy) is 6. The van der Waals surface area contributed by atoms with Crippen LogP contribution in [0.1, 0.15) is 57.3 Å². The lowest BCUT2D eigenvalue weighted by Gasteiger charge is -2.51. The fourth-order valence-electron chi connectivity index (χ4n) is 7.50. The van der Waals surface area contributed by atoms with Gasteiger partial charge in [0.15, 0.2) is 23.0 Å². The standard InChI is InChI=1S/C34H40N2O8/c1-16(2)15-19-22-27(17-11-13-20(39-7)29(41-9)25(17)35(5)32(22)37)43-31-23-28(44-34(3,4)24(19)31)18-12-14-21(40-8)30(42-10)26(18)36(6)33(23)38/h11-14,16,19,24,31H,15H2,1-10H3/t19-,24+,31+/m1/s1. The van der Waals surface area contributed by atoms with Crippen LogP contribution in [0, 0.1) is 11.8 Å². The van der Waals surface area contributed by atoms with E-state index in [0.29, 0.717) is 73.9 Å². The van der Waals surface area contributed by atoms with E-state index in [9.17, 15) is 9.59 Å². The highest BCUT2D eigenvalue weighted by molar-refractivity contribution is 5.95. The zero-order valence-electron chi connectivity index (χ0n) is 27.0. The molecule has 0 amide bonds. The summed E-state index contributed by atoms with van der Waals surface area (Å²) >= 11 is 0. The number of fused-ring (bicyclic) bond motifs is 8. The van der Waals surface area contributed by atoms with E-state index in [1.807, 2.05) is 38.1 Å². The molecule has 3 atom stereocenters. The number of methoxy groups -OCH3 is 4. The molecule has 4 heterocycles. The zero-order chi connectivity index (χ0) is 31.8. The summed E-state index contributed by atoms with van der Waals surface area (Å²) in [5, 5.41) is 1.42. The van der Waals surface area contributed by atoms with Gasteiger partial charge in [-0.1, -0.05) is 13.8 Å². The number of pyridine rings is 2. The molecule has 0 N–H and O–H groups in total. The van der Waals surface area contributed by atoms with E-state index in [4.69, 9.17) is 28.4 Å². The molecule has 2 aromatic heterocycles. The maximum atomic E-state index is 14.4. The Bertz CT molecular complexity index is 1940. The number of hydrogen-bond donors (Lipinski definition) is 0. The van der Waals surface area contributed by atoms with Crippen molar-refractivity contribution < 1.29 is 28.4 Å². The third kappa shape index (κ3) is 3.99. The molecule has 0 fully saturated rings. The zero-order valence-corrected chi connectivity index (χ0v) is 27.0. The Morgan fingerprint density at radius 1 is 0.773 bits per heavy atom. The van der Waals surface area contributed by atoms with Gasteiger partial charge < -0.3 is 37.6 Å². The SMILES string of the molecule is COc1ccc2c3c(c(=O)n(C)c2c1OC)[C@@H](CC(C)C)[C@H]1[C@@H](O3)c2c(c3ccc(OC)c(OC)c3n(C)c2=O)OC1(C)C. The van der Waals surface area contributed by atoms with E-state index in [1.54, 1.807) is 51.7 Å². The molecule has 10 nitrogen and oxygen atoms in total. The van der Waals surface area contributed by atoms with Crippen LogP contribution in [0.25, 0.3) is 21.8 Å². The van der Waals surface area contributed by atoms with Gasteiger partial charge in [-0.3, -0.25) is 9.59 Å². The summed E-state index contributed by atoms with van der Waals surface area (Å²) < 4.78 is 39.5. The van der Waals surface area contributed by atoms with Crippen LogP contribution in [-0.4, -0.2) is 43.2 Å². The first-order chi connectivity index (χ1) is 20.9. The molecule has 4 aromatic rings. The number of aryl methyl sites for hydroxylation is 2. The smallest absolute Gasteiger partial charge is 0.261 e. The van der Waals surface area contributed by atoms with Crippen LogP contribution in [0.5, 0.6) is 34.5 Å². The second-order valence-corrected chi connectivity index (χ2v) is 12.6. The molecule has 0 aliphatic carbocycles. The van der Waals surface area contributed by atoms with Crippen molar-refractivity contribution in [3.63, 3.8) is 0 Å². The quantitative estimate of drug-likeness (QED) is 0.286.